The zero-order valence-corrected chi connectivity index (χ0v) is 11.7. The molecule has 0 aliphatic carbocycles. The highest BCUT2D eigenvalue weighted by molar-refractivity contribution is 7.79. The van der Waals surface area contributed by atoms with E-state index in [0.717, 1.165) is 0 Å². The summed E-state index contributed by atoms with van der Waals surface area (Å²) in [6, 6.07) is 11.6. The van der Waals surface area contributed by atoms with Crippen LogP contribution in [0.15, 0.2) is 58.3 Å². The van der Waals surface area contributed by atoms with Crippen LogP contribution in [0.5, 0.6) is 0 Å². The Balaban J connectivity index is 2.41. The van der Waals surface area contributed by atoms with Gasteiger partial charge in [-0.2, -0.15) is 0 Å². The molecule has 0 bridgehead atoms. The fraction of sp³-hybridized carbons (Fsp3) is 0. The van der Waals surface area contributed by atoms with E-state index in [9.17, 15) is 13.2 Å². The summed E-state index contributed by atoms with van der Waals surface area (Å²) < 4.78 is 40.0. The van der Waals surface area contributed by atoms with E-state index in [0.29, 0.717) is 0 Å². The van der Waals surface area contributed by atoms with Crippen LogP contribution >= 0.6 is 0 Å². The van der Waals surface area contributed by atoms with Gasteiger partial charge in [0.05, 0.1) is 9.79 Å². The van der Waals surface area contributed by atoms with Gasteiger partial charge in [-0.15, -0.1) is 0 Å². The minimum absolute atomic E-state index is 0.123. The Hall–Kier alpha value is -1.67. The smallest absolute Gasteiger partial charge is 0.193 e. The average Bonchev–Trinajstić information content (AvgIpc) is 2.46. The second-order valence-electron chi connectivity index (χ2n) is 3.88. The van der Waals surface area contributed by atoms with Crippen molar-refractivity contribution in [1.29, 1.82) is 0 Å². The van der Waals surface area contributed by atoms with Gasteiger partial charge in [0.25, 0.3) is 0 Å². The number of rotatable bonds is 4. The summed E-state index contributed by atoms with van der Waals surface area (Å²) in [5.41, 5.74) is 0.483. The number of ketones is 1. The van der Waals surface area contributed by atoms with Crippen molar-refractivity contribution in [3.63, 3.8) is 0 Å². The van der Waals surface area contributed by atoms with Crippen LogP contribution in [-0.2, 0) is 22.2 Å². The molecule has 2 aromatic carbocycles. The minimum atomic E-state index is -2.16. The van der Waals surface area contributed by atoms with Gasteiger partial charge in [0.1, 0.15) is 0 Å². The molecule has 2 N–H and O–H groups in total. The van der Waals surface area contributed by atoms with Crippen molar-refractivity contribution in [2.24, 2.45) is 0 Å². The summed E-state index contributed by atoms with van der Waals surface area (Å²) in [6.07, 6.45) is 0. The highest BCUT2D eigenvalue weighted by atomic mass is 32.2. The third kappa shape index (κ3) is 3.26. The second kappa shape index (κ2) is 6.19. The molecule has 20 heavy (non-hydrogen) atoms. The average molecular weight is 310 g/mol. The normalized spacial score (nSPS) is 13.7. The molecule has 0 heterocycles. The lowest BCUT2D eigenvalue weighted by Gasteiger charge is -2.04. The Labute approximate surface area is 120 Å². The molecular formula is C13H10O5S2. The highest BCUT2D eigenvalue weighted by Gasteiger charge is 2.12. The molecule has 2 rings (SSSR count). The van der Waals surface area contributed by atoms with Crippen LogP contribution in [0.1, 0.15) is 15.9 Å². The Kier molecular flexibility index (Phi) is 4.56. The molecule has 0 amide bonds. The van der Waals surface area contributed by atoms with Gasteiger partial charge in [0.2, 0.25) is 0 Å². The van der Waals surface area contributed by atoms with Crippen molar-refractivity contribution in [3.8, 4) is 0 Å². The molecule has 2 unspecified atom stereocenters. The molecular weight excluding hydrogens is 300 g/mol. The van der Waals surface area contributed by atoms with Crippen molar-refractivity contribution < 1.29 is 22.3 Å². The van der Waals surface area contributed by atoms with Crippen LogP contribution in [-0.4, -0.2) is 23.3 Å². The van der Waals surface area contributed by atoms with Crippen LogP contribution in [0.25, 0.3) is 0 Å². The SMILES string of the molecule is O=C(c1cccc(S(=O)O)c1)c1cccc(S(=O)O)c1. The van der Waals surface area contributed by atoms with Gasteiger partial charge in [-0.1, -0.05) is 24.3 Å². The number of carbonyl (C=O) groups excluding carboxylic acids is 1. The largest absolute Gasteiger partial charge is 0.302 e. The molecule has 5 nitrogen and oxygen atoms in total. The van der Waals surface area contributed by atoms with E-state index >= 15 is 0 Å². The third-order valence-electron chi connectivity index (χ3n) is 2.60. The monoisotopic (exact) mass is 310 g/mol. The molecule has 0 aromatic heterocycles. The van der Waals surface area contributed by atoms with Gasteiger partial charge in [-0.05, 0) is 24.3 Å². The van der Waals surface area contributed by atoms with E-state index in [-0.39, 0.29) is 26.7 Å². The summed E-state index contributed by atoms with van der Waals surface area (Å²) in [5.74, 6) is -0.385. The molecule has 7 heteroatoms. The molecule has 0 spiro atoms. The zero-order chi connectivity index (χ0) is 14.7. The van der Waals surface area contributed by atoms with E-state index < -0.39 is 22.2 Å². The molecule has 0 aliphatic rings. The first kappa shape index (κ1) is 14.7. The van der Waals surface area contributed by atoms with Crippen LogP contribution in [0.3, 0.4) is 0 Å². The number of carbonyl (C=O) groups is 1. The van der Waals surface area contributed by atoms with Crippen molar-refractivity contribution in [2.75, 3.05) is 0 Å². The Morgan fingerprint density at radius 1 is 0.800 bits per heavy atom. The standard InChI is InChI=1S/C13H10O5S2/c14-13(9-3-1-5-11(7-9)19(15)16)10-4-2-6-12(8-10)20(17)18/h1-8H,(H,15,16)(H,17,18). The first-order chi connectivity index (χ1) is 9.49. The lowest BCUT2D eigenvalue weighted by Crippen LogP contribution is -2.03. The molecule has 0 fully saturated rings. The van der Waals surface area contributed by atoms with Gasteiger partial charge < -0.3 is 9.11 Å². The zero-order valence-electron chi connectivity index (χ0n) is 10.1. The molecule has 2 aromatic rings. The van der Waals surface area contributed by atoms with Gasteiger partial charge in [-0.25, -0.2) is 8.42 Å². The number of benzene rings is 2. The summed E-state index contributed by atoms with van der Waals surface area (Å²) in [7, 11) is 0. The maximum Gasteiger partial charge on any atom is 0.193 e. The third-order valence-corrected chi connectivity index (χ3v) is 3.91. The fourth-order valence-electron chi connectivity index (χ4n) is 1.66. The number of hydrogen-bond donors (Lipinski definition) is 2. The molecule has 104 valence electrons. The van der Waals surface area contributed by atoms with Crippen LogP contribution in [0.2, 0.25) is 0 Å². The second-order valence-corrected chi connectivity index (χ2v) is 5.82. The first-order valence-corrected chi connectivity index (χ1v) is 7.67. The molecule has 2 atom stereocenters. The van der Waals surface area contributed by atoms with Crippen LogP contribution in [0, 0.1) is 0 Å². The van der Waals surface area contributed by atoms with Gasteiger partial charge in [0.15, 0.2) is 27.9 Å². The van der Waals surface area contributed by atoms with Crippen LogP contribution < -0.4 is 0 Å². The minimum Gasteiger partial charge on any atom is -0.302 e. The number of hydrogen-bond acceptors (Lipinski definition) is 3. The van der Waals surface area contributed by atoms with E-state index in [4.69, 9.17) is 9.11 Å². The van der Waals surface area contributed by atoms with Crippen molar-refractivity contribution in [2.45, 2.75) is 9.79 Å². The summed E-state index contributed by atoms with van der Waals surface area (Å²) in [4.78, 5) is 12.5. The van der Waals surface area contributed by atoms with Crippen molar-refractivity contribution in [1.82, 2.24) is 0 Å². The Morgan fingerprint density at radius 2 is 1.20 bits per heavy atom. The van der Waals surface area contributed by atoms with Crippen molar-refractivity contribution in [3.05, 3.63) is 59.7 Å². The van der Waals surface area contributed by atoms with Gasteiger partial charge >= 0.3 is 0 Å². The molecule has 0 aliphatic heterocycles. The predicted molar refractivity (Wildman–Crippen MR) is 74.4 cm³/mol. The van der Waals surface area contributed by atoms with Gasteiger partial charge in [0, 0.05) is 11.1 Å². The lowest BCUT2D eigenvalue weighted by atomic mass is 10.0. The molecule has 0 saturated carbocycles. The van der Waals surface area contributed by atoms with E-state index in [2.05, 4.69) is 0 Å². The van der Waals surface area contributed by atoms with E-state index in [1.807, 2.05) is 0 Å². The summed E-state index contributed by atoms with van der Waals surface area (Å²) in [5, 5.41) is 0. The Bertz CT molecular complexity index is 652. The van der Waals surface area contributed by atoms with Crippen LogP contribution in [0.4, 0.5) is 0 Å². The van der Waals surface area contributed by atoms with E-state index in [1.54, 1.807) is 0 Å². The van der Waals surface area contributed by atoms with Crippen molar-refractivity contribution >= 4 is 27.9 Å². The lowest BCUT2D eigenvalue weighted by molar-refractivity contribution is 0.103. The maximum atomic E-state index is 12.2. The Morgan fingerprint density at radius 3 is 1.55 bits per heavy atom. The topological polar surface area (TPSA) is 91.7 Å². The molecule has 0 saturated heterocycles. The fourth-order valence-corrected chi connectivity index (χ4v) is 2.50. The maximum absolute atomic E-state index is 12.2. The van der Waals surface area contributed by atoms with Gasteiger partial charge in [-0.3, -0.25) is 4.79 Å². The predicted octanol–water partition coefficient (Wildman–Crippen LogP) is 2.08. The quantitative estimate of drug-likeness (QED) is 0.666. The summed E-state index contributed by atoms with van der Waals surface area (Å²) >= 11 is -4.33. The highest BCUT2D eigenvalue weighted by Crippen LogP contribution is 2.16. The summed E-state index contributed by atoms with van der Waals surface area (Å²) in [6.45, 7) is 0. The first-order valence-electron chi connectivity index (χ1n) is 5.45. The molecule has 0 radical (unpaired) electrons. The van der Waals surface area contributed by atoms with E-state index in [1.165, 1.54) is 48.5 Å².